The van der Waals surface area contributed by atoms with E-state index in [1.807, 2.05) is 6.92 Å². The van der Waals surface area contributed by atoms with Crippen LogP contribution in [0.4, 0.5) is 0 Å². The first-order valence-corrected chi connectivity index (χ1v) is 5.44. The maximum Gasteiger partial charge on any atom is 0.162 e. The zero-order valence-electron chi connectivity index (χ0n) is 9.08. The first-order valence-electron chi connectivity index (χ1n) is 5.44. The van der Waals surface area contributed by atoms with Gasteiger partial charge >= 0.3 is 0 Å². The lowest BCUT2D eigenvalue weighted by Crippen LogP contribution is -2.42. The van der Waals surface area contributed by atoms with Gasteiger partial charge in [0.25, 0.3) is 0 Å². The lowest BCUT2D eigenvalue weighted by Gasteiger charge is -2.40. The Morgan fingerprint density at radius 2 is 1.60 bits per heavy atom. The van der Waals surface area contributed by atoms with E-state index in [0.29, 0.717) is 19.3 Å². The highest BCUT2D eigenvalue weighted by Gasteiger charge is 2.54. The van der Waals surface area contributed by atoms with Gasteiger partial charge in [-0.15, -0.1) is 0 Å². The molecule has 1 aliphatic rings. The van der Waals surface area contributed by atoms with Crippen molar-refractivity contribution in [3.05, 3.63) is 0 Å². The third kappa shape index (κ3) is 1.57. The molecule has 1 fully saturated rings. The van der Waals surface area contributed by atoms with Crippen LogP contribution in [-0.2, 0) is 0 Å². The molecule has 78 valence electrons. The fraction of sp³-hybridized carbons (Fsp3) is 0.750. The van der Waals surface area contributed by atoms with Crippen LogP contribution in [0.1, 0.15) is 45.4 Å². The summed E-state index contributed by atoms with van der Waals surface area (Å²) < 4.78 is 0. The molecule has 0 aromatic carbocycles. The van der Waals surface area contributed by atoms with Crippen molar-refractivity contribution in [2.45, 2.75) is 45.4 Å². The molecule has 0 bridgehead atoms. The Morgan fingerprint density at radius 1 is 1.00 bits per heavy atom. The number of rotatable bonds is 2. The molecule has 0 aromatic rings. The molecule has 3 heteroatoms. The van der Waals surface area contributed by atoms with Crippen LogP contribution in [-0.4, -0.2) is 0 Å². The third-order valence-corrected chi connectivity index (χ3v) is 3.49. The second-order valence-corrected chi connectivity index (χ2v) is 4.28. The highest BCUT2D eigenvalue weighted by Crippen LogP contribution is 2.52. The van der Waals surface area contributed by atoms with Gasteiger partial charge in [0.05, 0.1) is 23.6 Å². The van der Waals surface area contributed by atoms with Gasteiger partial charge in [-0.05, 0) is 19.3 Å². The molecule has 0 saturated heterocycles. The Bertz CT molecular complexity index is 335. The summed E-state index contributed by atoms with van der Waals surface area (Å²) in [4.78, 5) is 0. The monoisotopic (exact) mass is 201 g/mol. The largest absolute Gasteiger partial charge is 0.198 e. The first-order chi connectivity index (χ1) is 7.20. The third-order valence-electron chi connectivity index (χ3n) is 3.49. The second-order valence-electron chi connectivity index (χ2n) is 4.28. The van der Waals surface area contributed by atoms with Crippen molar-refractivity contribution >= 4 is 0 Å². The van der Waals surface area contributed by atoms with Crippen molar-refractivity contribution in [3.63, 3.8) is 0 Å². The van der Waals surface area contributed by atoms with Crippen molar-refractivity contribution in [1.82, 2.24) is 0 Å². The van der Waals surface area contributed by atoms with Gasteiger partial charge in [0.1, 0.15) is 0 Å². The van der Waals surface area contributed by atoms with Crippen LogP contribution in [0.15, 0.2) is 0 Å². The predicted octanol–water partition coefficient (Wildman–Crippen LogP) is 2.90. The number of nitriles is 3. The van der Waals surface area contributed by atoms with Crippen molar-refractivity contribution < 1.29 is 0 Å². The van der Waals surface area contributed by atoms with Gasteiger partial charge < -0.3 is 0 Å². The van der Waals surface area contributed by atoms with E-state index >= 15 is 0 Å². The van der Waals surface area contributed by atoms with Gasteiger partial charge in [0.2, 0.25) is 0 Å². The molecule has 0 spiro atoms. The Hall–Kier alpha value is -1.53. The highest BCUT2D eigenvalue weighted by atomic mass is 14.6. The van der Waals surface area contributed by atoms with Gasteiger partial charge in [0, 0.05) is 0 Å². The van der Waals surface area contributed by atoms with Gasteiger partial charge in [-0.1, -0.05) is 26.2 Å². The zero-order chi connectivity index (χ0) is 11.4. The quantitative estimate of drug-likeness (QED) is 0.689. The average molecular weight is 201 g/mol. The minimum absolute atomic E-state index is 0.549. The van der Waals surface area contributed by atoms with E-state index in [0.717, 1.165) is 19.3 Å². The molecule has 0 radical (unpaired) electrons. The SMILES string of the molecule is CCCC1(C#N)CCCCC1(C#N)C#N. The fourth-order valence-corrected chi connectivity index (χ4v) is 2.59. The van der Waals surface area contributed by atoms with E-state index in [1.54, 1.807) is 0 Å². The standard InChI is InChI=1S/C12H15N3/c1-2-5-11(8-13)6-3-4-7-12(11,9-14)10-15/h2-7H2,1H3. The molecule has 15 heavy (non-hydrogen) atoms. The second kappa shape index (κ2) is 4.33. The van der Waals surface area contributed by atoms with Gasteiger partial charge in [0.15, 0.2) is 5.41 Å². The van der Waals surface area contributed by atoms with E-state index in [1.165, 1.54) is 0 Å². The van der Waals surface area contributed by atoms with Gasteiger partial charge in [-0.2, -0.15) is 15.8 Å². The van der Waals surface area contributed by atoms with Crippen molar-refractivity contribution in [3.8, 4) is 18.2 Å². The van der Waals surface area contributed by atoms with E-state index in [2.05, 4.69) is 18.2 Å². The maximum absolute atomic E-state index is 9.32. The minimum Gasteiger partial charge on any atom is -0.198 e. The topological polar surface area (TPSA) is 71.4 Å². The Kier molecular flexibility index (Phi) is 3.33. The van der Waals surface area contributed by atoms with Crippen molar-refractivity contribution in [1.29, 1.82) is 15.8 Å². The van der Waals surface area contributed by atoms with E-state index < -0.39 is 10.8 Å². The van der Waals surface area contributed by atoms with Crippen LogP contribution in [0.2, 0.25) is 0 Å². The zero-order valence-corrected chi connectivity index (χ0v) is 9.08. The van der Waals surface area contributed by atoms with Gasteiger partial charge in [-0.3, -0.25) is 0 Å². The molecule has 1 aliphatic carbocycles. The summed E-state index contributed by atoms with van der Waals surface area (Å²) in [5, 5.41) is 27.7. The normalized spacial score (nSPS) is 28.4. The van der Waals surface area contributed by atoms with Crippen LogP contribution in [0.25, 0.3) is 0 Å². The molecule has 0 heterocycles. The summed E-state index contributed by atoms with van der Waals surface area (Å²) in [6.45, 7) is 1.99. The molecule has 1 rings (SSSR count). The van der Waals surface area contributed by atoms with Crippen LogP contribution >= 0.6 is 0 Å². The summed E-state index contributed by atoms with van der Waals surface area (Å²) in [7, 11) is 0. The van der Waals surface area contributed by atoms with Crippen molar-refractivity contribution in [2.24, 2.45) is 10.8 Å². The molecule has 0 aliphatic heterocycles. The molecule has 1 atom stereocenters. The lowest BCUT2D eigenvalue weighted by molar-refractivity contribution is 0.129. The van der Waals surface area contributed by atoms with Crippen molar-refractivity contribution in [2.75, 3.05) is 0 Å². The number of nitrogens with zero attached hydrogens (tertiary/aromatic N) is 3. The summed E-state index contributed by atoms with van der Waals surface area (Å²) in [6, 6.07) is 6.49. The Labute approximate surface area is 90.9 Å². The van der Waals surface area contributed by atoms with E-state index in [-0.39, 0.29) is 0 Å². The van der Waals surface area contributed by atoms with Crippen LogP contribution < -0.4 is 0 Å². The number of hydrogen-bond acceptors (Lipinski definition) is 3. The molecular weight excluding hydrogens is 186 g/mol. The van der Waals surface area contributed by atoms with E-state index in [9.17, 15) is 15.8 Å². The maximum atomic E-state index is 9.32. The molecular formula is C12H15N3. The van der Waals surface area contributed by atoms with Crippen LogP contribution in [0, 0.1) is 44.8 Å². The molecule has 1 saturated carbocycles. The first kappa shape index (κ1) is 11.5. The van der Waals surface area contributed by atoms with E-state index in [4.69, 9.17) is 0 Å². The highest BCUT2D eigenvalue weighted by molar-refractivity contribution is 5.28. The minimum atomic E-state index is -1.07. The van der Waals surface area contributed by atoms with Crippen LogP contribution in [0.3, 0.4) is 0 Å². The number of hydrogen-bond donors (Lipinski definition) is 0. The Balaban J connectivity index is 3.17. The summed E-state index contributed by atoms with van der Waals surface area (Å²) in [6.07, 6.45) is 4.59. The molecule has 0 N–H and O–H groups in total. The molecule has 1 unspecified atom stereocenters. The van der Waals surface area contributed by atoms with Gasteiger partial charge in [-0.25, -0.2) is 0 Å². The molecule has 0 amide bonds. The molecule has 0 aromatic heterocycles. The predicted molar refractivity (Wildman–Crippen MR) is 55.1 cm³/mol. The van der Waals surface area contributed by atoms with Crippen LogP contribution in [0.5, 0.6) is 0 Å². The Morgan fingerprint density at radius 3 is 2.07 bits per heavy atom. The molecule has 3 nitrogen and oxygen atoms in total. The average Bonchev–Trinajstić information content (AvgIpc) is 2.30. The summed E-state index contributed by atoms with van der Waals surface area (Å²) in [5.74, 6) is 0. The summed E-state index contributed by atoms with van der Waals surface area (Å²) in [5.41, 5.74) is -1.81. The lowest BCUT2D eigenvalue weighted by atomic mass is 9.56. The fourth-order valence-electron chi connectivity index (χ4n) is 2.59. The smallest absolute Gasteiger partial charge is 0.162 e. The summed E-state index contributed by atoms with van der Waals surface area (Å²) >= 11 is 0.